The number of carbonyl (C=O) groups is 1. The third-order valence-corrected chi connectivity index (χ3v) is 5.62. The van der Waals surface area contributed by atoms with E-state index in [0.717, 1.165) is 5.56 Å². The molecule has 0 amide bonds. The van der Waals surface area contributed by atoms with E-state index in [1.807, 2.05) is 19.9 Å². The summed E-state index contributed by atoms with van der Waals surface area (Å²) in [5.74, 6) is -0.0862. The second kappa shape index (κ2) is 10.7. The first-order valence-electron chi connectivity index (χ1n) is 11.4. The number of nitriles is 1. The zero-order valence-corrected chi connectivity index (χ0v) is 20.1. The van der Waals surface area contributed by atoms with E-state index in [-0.39, 0.29) is 34.2 Å². The average Bonchev–Trinajstić information content (AvgIpc) is 2.89. The molecule has 0 saturated heterocycles. The van der Waals surface area contributed by atoms with Crippen LogP contribution in [-0.2, 0) is 0 Å². The number of benzene rings is 3. The van der Waals surface area contributed by atoms with Crippen LogP contribution in [0.1, 0.15) is 41.3 Å². The van der Waals surface area contributed by atoms with Gasteiger partial charge in [-0.2, -0.15) is 5.26 Å². The van der Waals surface area contributed by atoms with Crippen LogP contribution in [0.4, 0.5) is 5.69 Å². The molecule has 0 spiro atoms. The van der Waals surface area contributed by atoms with Crippen LogP contribution in [0.2, 0.25) is 0 Å². The lowest BCUT2D eigenvalue weighted by molar-refractivity contribution is -0.385. The third-order valence-electron chi connectivity index (χ3n) is 5.62. The van der Waals surface area contributed by atoms with Crippen LogP contribution in [-0.4, -0.2) is 24.1 Å². The number of carbonyl (C=O) groups excluding carboxylic acids is 1. The van der Waals surface area contributed by atoms with Crippen molar-refractivity contribution in [3.05, 3.63) is 98.9 Å². The molecule has 1 aliphatic heterocycles. The maximum Gasteiger partial charge on any atom is 0.350 e. The summed E-state index contributed by atoms with van der Waals surface area (Å²) in [5.41, 5.74) is 7.09. The number of rotatable bonds is 8. The van der Waals surface area contributed by atoms with Gasteiger partial charge in [-0.15, -0.1) is 0 Å². The number of esters is 1. The highest BCUT2D eigenvalue weighted by atomic mass is 16.6. The normalized spacial score (nSPS) is 14.1. The van der Waals surface area contributed by atoms with Gasteiger partial charge in [0.05, 0.1) is 24.1 Å². The summed E-state index contributed by atoms with van der Waals surface area (Å²) >= 11 is 0. The first kappa shape index (κ1) is 25.1. The molecule has 1 unspecified atom stereocenters. The Bertz CT molecular complexity index is 1440. The molecule has 10 nitrogen and oxygen atoms in total. The fourth-order valence-electron chi connectivity index (χ4n) is 4.06. The van der Waals surface area contributed by atoms with Crippen molar-refractivity contribution in [1.29, 1.82) is 5.26 Å². The van der Waals surface area contributed by atoms with E-state index in [4.69, 9.17) is 24.7 Å². The molecule has 3 aromatic carbocycles. The van der Waals surface area contributed by atoms with Crippen LogP contribution in [0.15, 0.2) is 72.1 Å². The number of hydrogen-bond acceptors (Lipinski definition) is 9. The molecule has 2 N–H and O–H groups in total. The van der Waals surface area contributed by atoms with Gasteiger partial charge in [0.1, 0.15) is 28.7 Å². The van der Waals surface area contributed by atoms with E-state index < -0.39 is 16.8 Å². The van der Waals surface area contributed by atoms with E-state index >= 15 is 0 Å². The Balaban J connectivity index is 1.71. The number of allylic oxidation sites excluding steroid dienone is 1. The molecule has 1 aliphatic rings. The van der Waals surface area contributed by atoms with Crippen molar-refractivity contribution in [1.82, 2.24) is 0 Å². The van der Waals surface area contributed by atoms with Gasteiger partial charge in [-0.05, 0) is 43.7 Å². The van der Waals surface area contributed by atoms with Gasteiger partial charge in [0.25, 0.3) is 5.69 Å². The van der Waals surface area contributed by atoms with Crippen LogP contribution in [0.5, 0.6) is 23.0 Å². The van der Waals surface area contributed by atoms with Crippen molar-refractivity contribution in [2.75, 3.05) is 13.2 Å². The zero-order chi connectivity index (χ0) is 26.5. The highest BCUT2D eigenvalue weighted by Gasteiger charge is 2.32. The number of para-hydroxylation sites is 1. The minimum absolute atomic E-state index is 0.0889. The molecular formula is C27H23N3O7. The third kappa shape index (κ3) is 5.01. The fourth-order valence-corrected chi connectivity index (χ4v) is 4.06. The molecule has 0 aromatic heterocycles. The van der Waals surface area contributed by atoms with Gasteiger partial charge in [-0.3, -0.25) is 10.1 Å². The zero-order valence-electron chi connectivity index (χ0n) is 20.1. The summed E-state index contributed by atoms with van der Waals surface area (Å²) in [5, 5.41) is 21.1. The van der Waals surface area contributed by atoms with E-state index in [9.17, 15) is 20.2 Å². The molecule has 188 valence electrons. The number of nitrogens with two attached hydrogens (primary N) is 1. The quantitative estimate of drug-likeness (QED) is 0.198. The van der Waals surface area contributed by atoms with Gasteiger partial charge in [-0.25, -0.2) is 4.79 Å². The summed E-state index contributed by atoms with van der Waals surface area (Å²) in [6, 6.07) is 17.6. The number of ether oxygens (including phenoxy) is 4. The number of nitro groups is 1. The lowest BCUT2D eigenvalue weighted by atomic mass is 9.83. The average molecular weight is 501 g/mol. The van der Waals surface area contributed by atoms with Gasteiger partial charge in [0, 0.05) is 17.7 Å². The number of nitro benzene ring substituents is 1. The molecule has 0 aliphatic carbocycles. The maximum absolute atomic E-state index is 12.7. The summed E-state index contributed by atoms with van der Waals surface area (Å²) in [6.07, 6.45) is 0. The molecule has 0 fully saturated rings. The molecule has 37 heavy (non-hydrogen) atoms. The van der Waals surface area contributed by atoms with Crippen molar-refractivity contribution in [3.63, 3.8) is 0 Å². The molecule has 0 radical (unpaired) electrons. The fraction of sp³-hybridized carbons (Fsp3) is 0.185. The summed E-state index contributed by atoms with van der Waals surface area (Å²) < 4.78 is 22.5. The lowest BCUT2D eigenvalue weighted by Crippen LogP contribution is -2.21. The van der Waals surface area contributed by atoms with Crippen molar-refractivity contribution in [2.24, 2.45) is 5.73 Å². The Morgan fingerprint density at radius 1 is 1.08 bits per heavy atom. The van der Waals surface area contributed by atoms with Gasteiger partial charge < -0.3 is 24.7 Å². The van der Waals surface area contributed by atoms with E-state index in [1.165, 1.54) is 36.4 Å². The first-order valence-corrected chi connectivity index (χ1v) is 11.4. The van der Waals surface area contributed by atoms with Crippen molar-refractivity contribution in [3.8, 4) is 29.1 Å². The predicted molar refractivity (Wildman–Crippen MR) is 133 cm³/mol. The predicted octanol–water partition coefficient (Wildman–Crippen LogP) is 4.83. The topological polar surface area (TPSA) is 147 Å². The second-order valence-corrected chi connectivity index (χ2v) is 7.86. The van der Waals surface area contributed by atoms with Crippen LogP contribution >= 0.6 is 0 Å². The Labute approximate surface area is 212 Å². The molecular weight excluding hydrogens is 478 g/mol. The molecule has 4 rings (SSSR count). The standard InChI is InChI=1S/C27H23N3O7/c1-3-34-22-12-9-16(13-24(22)35-4-2)25-19-11-10-17(14-23(19)37-26(29)20(25)15-28)36-27(31)18-7-5-6-8-21(18)30(32)33/h5-14,25H,3-4,29H2,1-2H3. The highest BCUT2D eigenvalue weighted by Crippen LogP contribution is 2.45. The van der Waals surface area contributed by atoms with E-state index in [2.05, 4.69) is 6.07 Å². The summed E-state index contributed by atoms with van der Waals surface area (Å²) in [7, 11) is 0. The van der Waals surface area contributed by atoms with E-state index in [1.54, 1.807) is 18.2 Å². The number of fused-ring (bicyclic) bond motifs is 1. The maximum atomic E-state index is 12.7. The Kier molecular flexibility index (Phi) is 7.25. The van der Waals surface area contributed by atoms with Crippen LogP contribution in [0.3, 0.4) is 0 Å². The molecule has 10 heteroatoms. The van der Waals surface area contributed by atoms with E-state index in [0.29, 0.717) is 30.3 Å². The minimum atomic E-state index is -0.895. The van der Waals surface area contributed by atoms with Crippen molar-refractivity contribution < 1.29 is 28.7 Å². The van der Waals surface area contributed by atoms with Gasteiger partial charge in [-0.1, -0.05) is 24.3 Å². The van der Waals surface area contributed by atoms with Crippen molar-refractivity contribution >= 4 is 11.7 Å². The number of nitrogens with zero attached hydrogens (tertiary/aromatic N) is 2. The Hall–Kier alpha value is -5.04. The molecule has 0 bridgehead atoms. The highest BCUT2D eigenvalue weighted by molar-refractivity contribution is 5.95. The van der Waals surface area contributed by atoms with Crippen LogP contribution in [0.25, 0.3) is 0 Å². The van der Waals surface area contributed by atoms with Crippen LogP contribution < -0.4 is 24.7 Å². The second-order valence-electron chi connectivity index (χ2n) is 7.86. The summed E-state index contributed by atoms with van der Waals surface area (Å²) in [4.78, 5) is 23.3. The molecule has 1 atom stereocenters. The monoisotopic (exact) mass is 501 g/mol. The summed E-state index contributed by atoms with van der Waals surface area (Å²) in [6.45, 7) is 4.61. The van der Waals surface area contributed by atoms with Crippen molar-refractivity contribution in [2.45, 2.75) is 19.8 Å². The smallest absolute Gasteiger partial charge is 0.350 e. The van der Waals surface area contributed by atoms with Gasteiger partial charge in [0.2, 0.25) is 5.88 Å². The Morgan fingerprint density at radius 2 is 1.81 bits per heavy atom. The largest absolute Gasteiger partial charge is 0.490 e. The molecule has 1 heterocycles. The van der Waals surface area contributed by atoms with Gasteiger partial charge in [0.15, 0.2) is 11.5 Å². The van der Waals surface area contributed by atoms with Gasteiger partial charge >= 0.3 is 5.97 Å². The molecule has 3 aromatic rings. The first-order chi connectivity index (χ1) is 17.9. The number of hydrogen-bond donors (Lipinski definition) is 1. The molecule has 0 saturated carbocycles. The SMILES string of the molecule is CCOc1ccc(C2C(C#N)=C(N)Oc3cc(OC(=O)c4ccccc4[N+](=O)[O-])ccc32)cc1OCC. The van der Waals surface area contributed by atoms with Crippen LogP contribution in [0, 0.1) is 21.4 Å². The Morgan fingerprint density at radius 3 is 2.51 bits per heavy atom. The minimum Gasteiger partial charge on any atom is -0.490 e. The lowest BCUT2D eigenvalue weighted by Gasteiger charge is -2.27.